The van der Waals surface area contributed by atoms with Crippen LogP contribution in [0.5, 0.6) is 0 Å². The van der Waals surface area contributed by atoms with Gasteiger partial charge in [0, 0.05) is 12.7 Å². The molecular formula is C8H16O5S2. The van der Waals surface area contributed by atoms with Crippen LogP contribution >= 0.6 is 0 Å². The summed E-state index contributed by atoms with van der Waals surface area (Å²) in [5.41, 5.74) is 0. The summed E-state index contributed by atoms with van der Waals surface area (Å²) in [5, 5.41) is 0. The first-order valence-electron chi connectivity index (χ1n) is 4.50. The molecule has 0 aliphatic carbocycles. The predicted octanol–water partition coefficient (Wildman–Crippen LogP) is -0.185. The van der Waals surface area contributed by atoms with Crippen molar-refractivity contribution in [3.8, 4) is 0 Å². The van der Waals surface area contributed by atoms with Gasteiger partial charge in [0.2, 0.25) is 0 Å². The summed E-state index contributed by atoms with van der Waals surface area (Å²) >= 11 is 0. The number of hydrogen-bond donors (Lipinski definition) is 0. The summed E-state index contributed by atoms with van der Waals surface area (Å²) in [4.78, 5) is 10.6. The lowest BCUT2D eigenvalue weighted by Gasteiger charge is -2.02. The van der Waals surface area contributed by atoms with E-state index >= 15 is 0 Å². The molecule has 0 aliphatic heterocycles. The molecule has 0 saturated carbocycles. The molecule has 7 heteroatoms. The molecule has 0 atom stereocenters. The Balaban J connectivity index is 4.04. The smallest absolute Gasteiger partial charge is 0.151 e. The highest BCUT2D eigenvalue weighted by molar-refractivity contribution is 7.94. The van der Waals surface area contributed by atoms with Crippen molar-refractivity contribution in [1.29, 1.82) is 0 Å². The summed E-state index contributed by atoms with van der Waals surface area (Å²) in [7, 11) is -6.59. The minimum atomic E-state index is -3.34. The number of rotatable bonds is 7. The maximum atomic E-state index is 11.3. The third kappa shape index (κ3) is 9.86. The molecule has 0 spiro atoms. The molecule has 0 aliphatic rings. The molecule has 0 bridgehead atoms. The van der Waals surface area contributed by atoms with E-state index in [0.717, 1.165) is 6.26 Å². The van der Waals surface area contributed by atoms with Gasteiger partial charge in [-0.05, 0) is 13.3 Å². The number of Topliss-reactive ketones (excluding diaryl/α,β-unsaturated/α-hetero) is 1. The van der Waals surface area contributed by atoms with E-state index in [9.17, 15) is 21.6 Å². The van der Waals surface area contributed by atoms with Gasteiger partial charge in [0.05, 0.1) is 17.3 Å². The van der Waals surface area contributed by atoms with Gasteiger partial charge >= 0.3 is 0 Å². The Labute approximate surface area is 90.7 Å². The fourth-order valence-electron chi connectivity index (χ4n) is 0.921. The van der Waals surface area contributed by atoms with Crippen molar-refractivity contribution in [3.05, 3.63) is 0 Å². The Kier molecular flexibility index (Phi) is 5.44. The quantitative estimate of drug-likeness (QED) is 0.630. The van der Waals surface area contributed by atoms with Crippen molar-refractivity contribution in [3.63, 3.8) is 0 Å². The SMILES string of the molecule is CC(=O)CCCS(=O)(=O)CCS(C)(=O)=O. The first kappa shape index (κ1) is 14.6. The van der Waals surface area contributed by atoms with Crippen LogP contribution in [0.3, 0.4) is 0 Å². The van der Waals surface area contributed by atoms with E-state index in [1.54, 1.807) is 0 Å². The molecule has 5 nitrogen and oxygen atoms in total. The molecule has 0 aromatic carbocycles. The Morgan fingerprint density at radius 1 is 1.00 bits per heavy atom. The molecule has 0 N–H and O–H groups in total. The second-order valence-electron chi connectivity index (χ2n) is 3.59. The lowest BCUT2D eigenvalue weighted by atomic mass is 10.3. The molecule has 90 valence electrons. The van der Waals surface area contributed by atoms with Crippen molar-refractivity contribution in [2.45, 2.75) is 19.8 Å². The molecule has 0 aromatic heterocycles. The molecule has 0 heterocycles. The number of sulfone groups is 2. The first-order chi connectivity index (χ1) is 6.62. The minimum absolute atomic E-state index is 0.0617. The second-order valence-corrected chi connectivity index (χ2v) is 8.15. The molecule has 0 saturated heterocycles. The predicted molar refractivity (Wildman–Crippen MR) is 58.3 cm³/mol. The van der Waals surface area contributed by atoms with Crippen LogP contribution in [0.4, 0.5) is 0 Å². The highest BCUT2D eigenvalue weighted by Gasteiger charge is 2.14. The zero-order valence-corrected chi connectivity index (χ0v) is 10.5. The molecule has 0 unspecified atom stereocenters. The molecule has 0 fully saturated rings. The highest BCUT2D eigenvalue weighted by atomic mass is 32.2. The van der Waals surface area contributed by atoms with Crippen molar-refractivity contribution >= 4 is 25.5 Å². The molecule has 15 heavy (non-hydrogen) atoms. The van der Waals surface area contributed by atoms with E-state index in [-0.39, 0.29) is 35.9 Å². The maximum Gasteiger partial charge on any atom is 0.151 e. The van der Waals surface area contributed by atoms with Gasteiger partial charge in [-0.15, -0.1) is 0 Å². The van der Waals surface area contributed by atoms with E-state index in [1.807, 2.05) is 0 Å². The fourth-order valence-corrected chi connectivity index (χ4v) is 3.94. The van der Waals surface area contributed by atoms with E-state index in [0.29, 0.717) is 0 Å². The van der Waals surface area contributed by atoms with Crippen LogP contribution in [-0.4, -0.2) is 46.1 Å². The van der Waals surface area contributed by atoms with Crippen molar-refractivity contribution in [2.24, 2.45) is 0 Å². The molecule has 0 radical (unpaired) electrons. The Morgan fingerprint density at radius 3 is 1.93 bits per heavy atom. The summed E-state index contributed by atoms with van der Waals surface area (Å²) in [6, 6.07) is 0. The summed E-state index contributed by atoms with van der Waals surface area (Å²) in [6.45, 7) is 1.39. The van der Waals surface area contributed by atoms with E-state index in [4.69, 9.17) is 0 Å². The van der Waals surface area contributed by atoms with Crippen LogP contribution in [0.1, 0.15) is 19.8 Å². The largest absolute Gasteiger partial charge is 0.300 e. The minimum Gasteiger partial charge on any atom is -0.300 e. The fraction of sp³-hybridized carbons (Fsp3) is 0.875. The zero-order valence-electron chi connectivity index (χ0n) is 8.89. The van der Waals surface area contributed by atoms with Gasteiger partial charge in [0.25, 0.3) is 0 Å². The Hall–Kier alpha value is -0.430. The van der Waals surface area contributed by atoms with E-state index < -0.39 is 19.7 Å². The third-order valence-corrected chi connectivity index (χ3v) is 4.69. The van der Waals surface area contributed by atoms with E-state index in [1.165, 1.54) is 6.92 Å². The number of hydrogen-bond acceptors (Lipinski definition) is 5. The maximum absolute atomic E-state index is 11.3. The number of ketones is 1. The van der Waals surface area contributed by atoms with Crippen LogP contribution in [0, 0.1) is 0 Å². The zero-order chi connectivity index (χ0) is 12.1. The monoisotopic (exact) mass is 256 g/mol. The topological polar surface area (TPSA) is 85.3 Å². The molecular weight excluding hydrogens is 240 g/mol. The Morgan fingerprint density at radius 2 is 1.53 bits per heavy atom. The van der Waals surface area contributed by atoms with Crippen LogP contribution in [-0.2, 0) is 24.5 Å². The van der Waals surface area contributed by atoms with Gasteiger partial charge in [-0.25, -0.2) is 16.8 Å². The van der Waals surface area contributed by atoms with Gasteiger partial charge in [-0.1, -0.05) is 0 Å². The standard InChI is InChI=1S/C8H16O5S2/c1-8(9)4-3-5-15(12,13)7-6-14(2,10)11/h3-7H2,1-2H3. The van der Waals surface area contributed by atoms with Gasteiger partial charge < -0.3 is 4.79 Å². The Bertz CT molecular complexity index is 404. The van der Waals surface area contributed by atoms with Gasteiger partial charge in [0.1, 0.15) is 15.6 Å². The lowest BCUT2D eigenvalue weighted by molar-refractivity contribution is -0.117. The van der Waals surface area contributed by atoms with E-state index in [2.05, 4.69) is 0 Å². The summed E-state index contributed by atoms with van der Waals surface area (Å²) < 4.78 is 44.0. The average Bonchev–Trinajstić information content (AvgIpc) is 1.99. The summed E-state index contributed by atoms with van der Waals surface area (Å²) in [6.07, 6.45) is 1.48. The van der Waals surface area contributed by atoms with Crippen molar-refractivity contribution in [1.82, 2.24) is 0 Å². The second kappa shape index (κ2) is 5.60. The molecule has 0 amide bonds. The summed E-state index contributed by atoms with van der Waals surface area (Å²) in [5.74, 6) is -0.894. The molecule has 0 aromatic rings. The van der Waals surface area contributed by atoms with Crippen LogP contribution < -0.4 is 0 Å². The van der Waals surface area contributed by atoms with Crippen LogP contribution in [0.2, 0.25) is 0 Å². The van der Waals surface area contributed by atoms with Gasteiger partial charge in [-0.3, -0.25) is 0 Å². The number of carbonyl (C=O) groups is 1. The van der Waals surface area contributed by atoms with Crippen LogP contribution in [0.25, 0.3) is 0 Å². The first-order valence-corrected chi connectivity index (χ1v) is 8.38. The van der Waals surface area contributed by atoms with Crippen molar-refractivity contribution < 1.29 is 21.6 Å². The number of carbonyl (C=O) groups excluding carboxylic acids is 1. The highest BCUT2D eigenvalue weighted by Crippen LogP contribution is 1.99. The van der Waals surface area contributed by atoms with Gasteiger partial charge in [0.15, 0.2) is 9.84 Å². The molecule has 0 rings (SSSR count). The average molecular weight is 256 g/mol. The van der Waals surface area contributed by atoms with Gasteiger partial charge in [-0.2, -0.15) is 0 Å². The third-order valence-electron chi connectivity index (χ3n) is 1.75. The normalized spacial score (nSPS) is 12.7. The van der Waals surface area contributed by atoms with Crippen LogP contribution in [0.15, 0.2) is 0 Å². The van der Waals surface area contributed by atoms with Crippen molar-refractivity contribution in [2.75, 3.05) is 23.5 Å². The lowest BCUT2D eigenvalue weighted by Crippen LogP contribution is -2.19.